The molecule has 31 heavy (non-hydrogen) atoms. The maximum absolute atomic E-state index is 12.8. The average molecular weight is 447 g/mol. The van der Waals surface area contributed by atoms with Crippen LogP contribution in [-0.2, 0) is 9.53 Å². The number of nitrogens with one attached hydrogen (secondary N) is 2. The highest BCUT2D eigenvalue weighted by Crippen LogP contribution is 2.33. The summed E-state index contributed by atoms with van der Waals surface area (Å²) >= 11 is 1.39. The Morgan fingerprint density at radius 3 is 2.84 bits per heavy atom. The van der Waals surface area contributed by atoms with Gasteiger partial charge in [-0.25, -0.2) is 14.3 Å². The second kappa shape index (κ2) is 9.54. The Morgan fingerprint density at radius 1 is 1.32 bits per heavy atom. The van der Waals surface area contributed by atoms with E-state index in [2.05, 4.69) is 26.2 Å². The maximum atomic E-state index is 12.8. The summed E-state index contributed by atoms with van der Waals surface area (Å²) in [6, 6.07) is 2.69. The number of carbonyl (C=O) groups is 2. The van der Waals surface area contributed by atoms with E-state index in [1.165, 1.54) is 31.0 Å². The van der Waals surface area contributed by atoms with Gasteiger partial charge in [-0.2, -0.15) is 0 Å². The van der Waals surface area contributed by atoms with Crippen LogP contribution in [-0.4, -0.2) is 44.6 Å². The smallest absolute Gasteiger partial charge is 0.338 e. The number of hydrogen-bond acceptors (Lipinski definition) is 8. The second-order valence-electron chi connectivity index (χ2n) is 7.58. The Labute approximate surface area is 184 Å². The van der Waals surface area contributed by atoms with E-state index in [1.807, 2.05) is 11.6 Å². The van der Waals surface area contributed by atoms with E-state index < -0.39 is 18.0 Å². The molecule has 166 valence electrons. The summed E-state index contributed by atoms with van der Waals surface area (Å²) in [6.07, 6.45) is 5.67. The fourth-order valence-electron chi connectivity index (χ4n) is 3.98. The maximum Gasteiger partial charge on any atom is 0.338 e. The average Bonchev–Trinajstić information content (AvgIpc) is 3.41. The number of thioether (sulfide) groups is 1. The van der Waals surface area contributed by atoms with Gasteiger partial charge in [0.15, 0.2) is 0 Å². The van der Waals surface area contributed by atoms with Gasteiger partial charge in [0.05, 0.1) is 18.2 Å². The fourth-order valence-corrected chi connectivity index (χ4v) is 4.89. The van der Waals surface area contributed by atoms with Crippen LogP contribution in [0.25, 0.3) is 0 Å². The van der Waals surface area contributed by atoms with Gasteiger partial charge in [-0.15, -0.1) is 5.10 Å². The summed E-state index contributed by atoms with van der Waals surface area (Å²) in [5, 5.41) is 18.4. The van der Waals surface area contributed by atoms with Gasteiger partial charge >= 0.3 is 12.0 Å². The minimum Gasteiger partial charge on any atom is -0.464 e. The van der Waals surface area contributed by atoms with E-state index in [1.54, 1.807) is 19.1 Å². The van der Waals surface area contributed by atoms with Crippen LogP contribution in [0.5, 0.6) is 0 Å². The lowest BCUT2D eigenvalue weighted by atomic mass is 9.96. The Balaban J connectivity index is 1.61. The first-order chi connectivity index (χ1) is 15.1. The lowest BCUT2D eigenvalue weighted by Crippen LogP contribution is -2.46. The van der Waals surface area contributed by atoms with E-state index in [-0.39, 0.29) is 12.6 Å². The monoisotopic (exact) mass is 446 g/mol. The number of rotatable bonds is 7. The molecule has 2 aromatic rings. The van der Waals surface area contributed by atoms with E-state index >= 15 is 0 Å². The lowest BCUT2D eigenvalue weighted by molar-refractivity contribution is -0.139. The van der Waals surface area contributed by atoms with E-state index in [4.69, 9.17) is 9.15 Å². The Bertz CT molecular complexity index is 978. The molecule has 0 unspecified atom stereocenters. The molecule has 0 saturated heterocycles. The van der Waals surface area contributed by atoms with E-state index in [0.29, 0.717) is 33.7 Å². The van der Waals surface area contributed by atoms with Crippen molar-refractivity contribution < 1.29 is 18.7 Å². The first-order valence-corrected chi connectivity index (χ1v) is 11.5. The Hall–Kier alpha value is -2.82. The van der Waals surface area contributed by atoms with Gasteiger partial charge in [0, 0.05) is 11.4 Å². The van der Waals surface area contributed by atoms with Gasteiger partial charge in [0.2, 0.25) is 5.16 Å². The Morgan fingerprint density at radius 2 is 2.13 bits per heavy atom. The van der Waals surface area contributed by atoms with Crippen molar-refractivity contribution in [1.29, 1.82) is 0 Å². The largest absolute Gasteiger partial charge is 0.464 e. The number of ether oxygens (including phenoxy) is 1. The minimum atomic E-state index is -0.730. The number of hydrogen-bond donors (Lipinski definition) is 2. The third-order valence-electron chi connectivity index (χ3n) is 5.42. The molecule has 10 nitrogen and oxygen atoms in total. The van der Waals surface area contributed by atoms with Crippen LogP contribution in [0.1, 0.15) is 62.6 Å². The molecule has 2 amide bonds. The number of aromatic nitrogens is 4. The molecule has 2 N–H and O–H groups in total. The molecular formula is C20H26N6O4S. The molecule has 1 aliphatic carbocycles. The fraction of sp³-hybridized carbons (Fsp3) is 0.550. The highest BCUT2D eigenvalue weighted by atomic mass is 32.2. The molecule has 0 radical (unpaired) electrons. The van der Waals surface area contributed by atoms with Crippen LogP contribution in [0, 0.1) is 6.92 Å². The number of carbonyl (C=O) groups excluding carboxylic acids is 2. The van der Waals surface area contributed by atoms with Gasteiger partial charge in [0.25, 0.3) is 0 Å². The zero-order chi connectivity index (χ0) is 21.8. The molecule has 2 aliphatic rings. The lowest BCUT2D eigenvalue weighted by Gasteiger charge is -2.28. The molecule has 2 aromatic heterocycles. The first-order valence-electron chi connectivity index (χ1n) is 10.5. The molecule has 1 aliphatic heterocycles. The van der Waals surface area contributed by atoms with Gasteiger partial charge in [-0.3, -0.25) is 0 Å². The van der Waals surface area contributed by atoms with Crippen molar-refractivity contribution in [3.8, 4) is 0 Å². The van der Waals surface area contributed by atoms with Gasteiger partial charge in [0.1, 0.15) is 17.6 Å². The number of furan rings is 1. The first kappa shape index (κ1) is 21.4. The van der Waals surface area contributed by atoms with Crippen LogP contribution >= 0.6 is 11.8 Å². The predicted octanol–water partition coefficient (Wildman–Crippen LogP) is 3.04. The molecule has 11 heteroatoms. The summed E-state index contributed by atoms with van der Waals surface area (Å²) in [6.45, 7) is 3.77. The molecule has 1 saturated carbocycles. The van der Waals surface area contributed by atoms with Crippen molar-refractivity contribution in [2.24, 2.45) is 0 Å². The summed E-state index contributed by atoms with van der Waals surface area (Å²) < 4.78 is 12.8. The molecule has 4 rings (SSSR count). The third-order valence-corrected chi connectivity index (χ3v) is 6.38. The minimum absolute atomic E-state index is 0.223. The van der Waals surface area contributed by atoms with Crippen molar-refractivity contribution in [2.45, 2.75) is 63.2 Å². The normalized spacial score (nSPS) is 19.8. The highest BCUT2D eigenvalue weighted by Gasteiger charge is 2.35. The number of urea groups is 1. The van der Waals surface area contributed by atoms with Crippen molar-refractivity contribution in [3.05, 3.63) is 34.9 Å². The number of tetrazole rings is 1. The zero-order valence-electron chi connectivity index (χ0n) is 17.6. The zero-order valence-corrected chi connectivity index (χ0v) is 18.4. The second-order valence-corrected chi connectivity index (χ2v) is 8.52. The summed E-state index contributed by atoms with van der Waals surface area (Å²) in [7, 11) is 0. The van der Waals surface area contributed by atoms with Gasteiger partial charge in [-0.05, 0) is 49.2 Å². The number of aryl methyl sites for hydroxylation is 1. The van der Waals surface area contributed by atoms with Crippen LogP contribution in [0.15, 0.2) is 33.0 Å². The molecule has 1 atom stereocenters. The van der Waals surface area contributed by atoms with Crippen LogP contribution in [0.2, 0.25) is 0 Å². The quantitative estimate of drug-likeness (QED) is 0.491. The summed E-state index contributed by atoms with van der Waals surface area (Å²) in [5.74, 6) is 0.972. The SMILES string of the molecule is CCOC(=O)C1=C(CSc2nnnn2C2CCCCC2)NC(=O)N[C@H]1c1ccc(C)o1. The van der Waals surface area contributed by atoms with E-state index in [0.717, 1.165) is 12.8 Å². The summed E-state index contributed by atoms with van der Waals surface area (Å²) in [5.41, 5.74) is 0.782. The topological polar surface area (TPSA) is 124 Å². The molecule has 0 aromatic carbocycles. The number of esters is 1. The van der Waals surface area contributed by atoms with Crippen LogP contribution < -0.4 is 10.6 Å². The number of nitrogens with zero attached hydrogens (tertiary/aromatic N) is 4. The van der Waals surface area contributed by atoms with Crippen molar-refractivity contribution in [2.75, 3.05) is 12.4 Å². The third kappa shape index (κ3) is 4.76. The molecule has 1 fully saturated rings. The molecule has 3 heterocycles. The number of amides is 2. The van der Waals surface area contributed by atoms with Gasteiger partial charge in [-0.1, -0.05) is 31.0 Å². The van der Waals surface area contributed by atoms with Crippen LogP contribution in [0.4, 0.5) is 4.79 Å². The summed E-state index contributed by atoms with van der Waals surface area (Å²) in [4.78, 5) is 25.2. The highest BCUT2D eigenvalue weighted by molar-refractivity contribution is 7.99. The Kier molecular flexibility index (Phi) is 6.59. The molecule has 0 bridgehead atoms. The van der Waals surface area contributed by atoms with Crippen LogP contribution in [0.3, 0.4) is 0 Å². The van der Waals surface area contributed by atoms with Crippen molar-refractivity contribution in [3.63, 3.8) is 0 Å². The van der Waals surface area contributed by atoms with Crippen molar-refractivity contribution >= 4 is 23.8 Å². The van der Waals surface area contributed by atoms with E-state index in [9.17, 15) is 9.59 Å². The standard InChI is InChI=1S/C20H26N6O4S/c1-3-29-18(27)16-14(21-19(28)22-17(16)15-10-9-12(2)30-15)11-31-20-23-24-25-26(20)13-7-5-4-6-8-13/h9-10,13,17H,3-8,11H2,1-2H3,(H2,21,22,28)/t17-/m0/s1. The molecule has 0 spiro atoms. The predicted molar refractivity (Wildman–Crippen MR) is 112 cm³/mol. The molecular weight excluding hydrogens is 420 g/mol. The van der Waals surface area contributed by atoms with Gasteiger partial charge < -0.3 is 19.8 Å². The van der Waals surface area contributed by atoms with Crippen molar-refractivity contribution in [1.82, 2.24) is 30.8 Å².